The van der Waals surface area contributed by atoms with Crippen molar-refractivity contribution >= 4 is 17.7 Å². The Morgan fingerprint density at radius 2 is 0.295 bits per heavy atom. The lowest BCUT2D eigenvalue weighted by atomic mass is 10.0. The number of nitrogens with one attached hydrogen (secondary N) is 3. The molecule has 0 radical (unpaired) electrons. The number of benzene rings is 1. The van der Waals surface area contributed by atoms with Crippen molar-refractivity contribution in [2.45, 2.75) is 485 Å². The van der Waals surface area contributed by atoms with Crippen LogP contribution in [0, 0.1) is 0 Å². The Kier molecular flexibility index (Phi) is 79.0. The average molecular weight is 1470 g/mol. The quantitative estimate of drug-likeness (QED) is 0.0562. The molecule has 0 saturated heterocycles. The third-order valence-corrected chi connectivity index (χ3v) is 23.0. The Morgan fingerprint density at radius 1 is 0.181 bits per heavy atom. The number of unbranched alkanes of at least 4 members (excludes halogenated alkanes) is 60. The van der Waals surface area contributed by atoms with Gasteiger partial charge in [0.05, 0.1) is 0 Å². The number of carbonyl (C=O) groups is 3. The molecule has 9 nitrogen and oxygen atoms in total. The van der Waals surface area contributed by atoms with E-state index >= 15 is 0 Å². The number of hydrogen-bond donors (Lipinski definition) is 3. The summed E-state index contributed by atoms with van der Waals surface area (Å²) in [6.45, 7) is 26.2. The molecule has 0 aromatic heterocycles. The van der Waals surface area contributed by atoms with Crippen LogP contribution in [0.15, 0.2) is 18.2 Å². The summed E-state index contributed by atoms with van der Waals surface area (Å²) in [6, 6.07) is 5.16. The smallest absolute Gasteiger partial charge is 0.251 e. The lowest BCUT2D eigenvalue weighted by Gasteiger charge is -2.22. The summed E-state index contributed by atoms with van der Waals surface area (Å²) >= 11 is 0. The van der Waals surface area contributed by atoms with E-state index in [2.05, 4.69) is 72.2 Å². The fraction of sp³-hybridized carbons (Fsp3) is 0.906. The Morgan fingerprint density at radius 3 is 0.429 bits per heavy atom. The number of hydrogen-bond acceptors (Lipinski definition) is 6. The maximum Gasteiger partial charge on any atom is 0.251 e. The van der Waals surface area contributed by atoms with Crippen LogP contribution in [-0.2, 0) is 0 Å². The summed E-state index contributed by atoms with van der Waals surface area (Å²) in [5, 5.41) is 9.65. The molecule has 618 valence electrons. The molecule has 1 rings (SSSR count). The summed E-state index contributed by atoms with van der Waals surface area (Å²) in [5.74, 6) is -0.618. The van der Waals surface area contributed by atoms with Gasteiger partial charge in [0.2, 0.25) is 0 Å². The van der Waals surface area contributed by atoms with E-state index in [9.17, 15) is 14.4 Å². The second kappa shape index (κ2) is 82.5. The van der Waals surface area contributed by atoms with E-state index in [1.54, 1.807) is 18.2 Å². The van der Waals surface area contributed by atoms with Gasteiger partial charge in [-0.25, -0.2) is 0 Å². The summed E-state index contributed by atoms with van der Waals surface area (Å²) in [4.78, 5) is 50.6. The molecule has 0 bridgehead atoms. The van der Waals surface area contributed by atoms with Crippen molar-refractivity contribution in [2.75, 3.05) is 78.5 Å². The van der Waals surface area contributed by atoms with E-state index in [0.717, 1.165) is 77.4 Å². The summed E-state index contributed by atoms with van der Waals surface area (Å²) < 4.78 is 0. The van der Waals surface area contributed by atoms with Crippen LogP contribution in [0.2, 0.25) is 0 Å². The van der Waals surface area contributed by atoms with Gasteiger partial charge in [0, 0.05) is 36.3 Å². The predicted octanol–water partition coefficient (Wildman–Crippen LogP) is 28.8. The van der Waals surface area contributed by atoms with Crippen LogP contribution in [0.3, 0.4) is 0 Å². The number of nitrogens with zero attached hydrogens (tertiary/aromatic N) is 3. The van der Waals surface area contributed by atoms with Crippen LogP contribution in [-0.4, -0.2) is 111 Å². The molecule has 1 aromatic carbocycles. The van der Waals surface area contributed by atoms with Crippen LogP contribution >= 0.6 is 0 Å². The van der Waals surface area contributed by atoms with Crippen LogP contribution in [0.4, 0.5) is 0 Å². The Balaban J connectivity index is 3.04. The first-order valence-corrected chi connectivity index (χ1v) is 48.0. The third-order valence-electron chi connectivity index (χ3n) is 23.0. The topological polar surface area (TPSA) is 97.0 Å². The van der Waals surface area contributed by atoms with Gasteiger partial charge in [0.1, 0.15) is 0 Å². The SMILES string of the molecule is CCCCCCCCCCCCN(CCCCCCCCCCCC)CCCCCNC(=O)c1cc(C(=O)NCCCCCN(CCCCCCCCCCCC)CCCCCCCCCCCC)cc(C(=O)NCCCCCN(CCCCCCCCCCCC)CCCCCCCCCCCC)c1. The largest absolute Gasteiger partial charge is 0.352 e. The van der Waals surface area contributed by atoms with Gasteiger partial charge in [0.25, 0.3) is 17.7 Å². The Bertz CT molecular complexity index is 1650. The standard InChI is InChI=1S/C96H186N6O3/c1-7-13-19-25-31-37-43-49-55-67-79-100(80-68-56-50-44-38-32-26-20-14-8-2)85-73-61-64-76-97-94(103)91-88-92(95(104)98-77-65-62-74-86-101(81-69-57-51-45-39-33-27-21-15-9-3)82-70-58-52-46-40-34-28-22-16-10-4)90-93(89-91)96(105)99-78-66-63-75-87-102(83-71-59-53-47-41-35-29-23-17-11-5)84-72-60-54-48-42-36-30-24-18-12-6/h88-90H,7-87H2,1-6H3,(H,97,103)(H,98,104)(H,99,105). The summed E-state index contributed by atoms with van der Waals surface area (Å²) in [6.07, 6.45) is 91.8. The molecule has 0 unspecified atom stereocenters. The highest BCUT2D eigenvalue weighted by atomic mass is 16.2. The van der Waals surface area contributed by atoms with E-state index in [0.29, 0.717) is 36.3 Å². The van der Waals surface area contributed by atoms with Gasteiger partial charge in [-0.05, 0) is 154 Å². The van der Waals surface area contributed by atoms with Crippen LogP contribution in [0.5, 0.6) is 0 Å². The van der Waals surface area contributed by atoms with Crippen molar-refractivity contribution in [1.29, 1.82) is 0 Å². The molecular weight excluding hydrogens is 1290 g/mol. The highest BCUT2D eigenvalue weighted by Crippen LogP contribution is 2.20. The molecule has 0 aliphatic heterocycles. The lowest BCUT2D eigenvalue weighted by Crippen LogP contribution is -2.30. The van der Waals surface area contributed by atoms with Gasteiger partial charge in [-0.2, -0.15) is 0 Å². The zero-order valence-electron chi connectivity index (χ0n) is 72.1. The van der Waals surface area contributed by atoms with E-state index in [1.807, 2.05) is 0 Å². The number of rotatable bonds is 87. The first kappa shape index (κ1) is 101. The van der Waals surface area contributed by atoms with Crippen molar-refractivity contribution < 1.29 is 14.4 Å². The molecule has 0 spiro atoms. The molecule has 1 aromatic rings. The van der Waals surface area contributed by atoms with E-state index in [4.69, 9.17) is 0 Å². The summed E-state index contributed by atoms with van der Waals surface area (Å²) in [7, 11) is 0. The minimum absolute atomic E-state index is 0.206. The molecule has 0 fully saturated rings. The maximum atomic E-state index is 14.1. The molecule has 0 aliphatic rings. The molecule has 9 heteroatoms. The zero-order valence-corrected chi connectivity index (χ0v) is 72.1. The lowest BCUT2D eigenvalue weighted by molar-refractivity contribution is 0.0952. The Labute approximate surface area is 657 Å². The van der Waals surface area contributed by atoms with Crippen molar-refractivity contribution in [3.05, 3.63) is 34.9 Å². The van der Waals surface area contributed by atoms with Crippen LogP contribution in [0.1, 0.15) is 516 Å². The molecular formula is C96H186N6O3. The number of amides is 3. The van der Waals surface area contributed by atoms with Crippen molar-refractivity contribution in [3.8, 4) is 0 Å². The molecule has 105 heavy (non-hydrogen) atoms. The van der Waals surface area contributed by atoms with Crippen molar-refractivity contribution in [2.24, 2.45) is 0 Å². The molecule has 3 amide bonds. The predicted molar refractivity (Wildman–Crippen MR) is 465 cm³/mol. The fourth-order valence-electron chi connectivity index (χ4n) is 15.8. The molecule has 0 aliphatic carbocycles. The van der Waals surface area contributed by atoms with Gasteiger partial charge in [-0.1, -0.05) is 408 Å². The van der Waals surface area contributed by atoms with Crippen molar-refractivity contribution in [1.82, 2.24) is 30.7 Å². The van der Waals surface area contributed by atoms with Crippen LogP contribution in [0.25, 0.3) is 0 Å². The highest BCUT2D eigenvalue weighted by Gasteiger charge is 2.18. The molecule has 0 heterocycles. The Hall–Kier alpha value is -2.49. The highest BCUT2D eigenvalue weighted by molar-refractivity contribution is 6.04. The zero-order chi connectivity index (χ0) is 75.7. The van der Waals surface area contributed by atoms with E-state index in [1.165, 1.54) is 425 Å². The third kappa shape index (κ3) is 69.2. The van der Waals surface area contributed by atoms with Gasteiger partial charge < -0.3 is 30.7 Å². The average Bonchev–Trinajstić information content (AvgIpc) is 0.830. The molecule has 0 atom stereocenters. The van der Waals surface area contributed by atoms with Gasteiger partial charge in [0.15, 0.2) is 0 Å². The second-order valence-corrected chi connectivity index (χ2v) is 33.4. The van der Waals surface area contributed by atoms with E-state index in [-0.39, 0.29) is 17.7 Å². The monoisotopic (exact) mass is 1470 g/mol. The second-order valence-electron chi connectivity index (χ2n) is 33.4. The minimum Gasteiger partial charge on any atom is -0.352 e. The van der Waals surface area contributed by atoms with E-state index < -0.39 is 0 Å². The first-order valence-electron chi connectivity index (χ1n) is 48.0. The minimum atomic E-state index is -0.206. The first-order chi connectivity index (χ1) is 51.8. The summed E-state index contributed by atoms with van der Waals surface area (Å²) in [5.41, 5.74) is 1.17. The van der Waals surface area contributed by atoms with Crippen molar-refractivity contribution in [3.63, 3.8) is 0 Å². The maximum absolute atomic E-state index is 14.1. The number of carbonyl (C=O) groups excluding carboxylic acids is 3. The van der Waals surface area contributed by atoms with Gasteiger partial charge in [-0.3, -0.25) is 14.4 Å². The normalized spacial score (nSPS) is 11.7. The van der Waals surface area contributed by atoms with Gasteiger partial charge >= 0.3 is 0 Å². The fourth-order valence-corrected chi connectivity index (χ4v) is 15.8. The van der Waals surface area contributed by atoms with Gasteiger partial charge in [-0.15, -0.1) is 0 Å². The van der Waals surface area contributed by atoms with Crippen LogP contribution < -0.4 is 16.0 Å². The molecule has 0 saturated carbocycles. The molecule has 3 N–H and O–H groups in total.